The normalized spacial score (nSPS) is 17.1. The number of rotatable bonds is 16. The summed E-state index contributed by atoms with van der Waals surface area (Å²) in [4.78, 5) is 0. The Hall–Kier alpha value is -2.29. The fraction of sp³-hybridized carbons (Fsp3) is 0.444. The van der Waals surface area contributed by atoms with Gasteiger partial charge in [0, 0.05) is 13.2 Å². The summed E-state index contributed by atoms with van der Waals surface area (Å²) < 4.78 is 19.6. The van der Waals surface area contributed by atoms with Gasteiger partial charge in [-0.25, -0.2) is 0 Å². The molecule has 3 nitrogen and oxygen atoms in total. The number of hydrogen-bond acceptors (Lipinski definition) is 3. The minimum atomic E-state index is -2.71. The molecule has 0 aromatic heterocycles. The van der Waals surface area contributed by atoms with Crippen molar-refractivity contribution in [3.05, 3.63) is 103 Å². The Morgan fingerprint density at radius 3 is 1.98 bits per heavy atom. The van der Waals surface area contributed by atoms with Gasteiger partial charge < -0.3 is 13.9 Å². The van der Waals surface area contributed by atoms with Crippen LogP contribution in [-0.4, -0.2) is 41.0 Å². The average molecular weight is 587 g/mol. The first kappa shape index (κ1) is 31.6. The molecule has 1 aliphatic heterocycles. The molecule has 41 heavy (non-hydrogen) atoms. The molecule has 0 spiro atoms. The van der Waals surface area contributed by atoms with E-state index in [1.165, 1.54) is 34.8 Å². The van der Waals surface area contributed by atoms with Crippen LogP contribution in [0.4, 0.5) is 0 Å². The zero-order chi connectivity index (χ0) is 28.8. The van der Waals surface area contributed by atoms with Gasteiger partial charge in [-0.1, -0.05) is 141 Å². The van der Waals surface area contributed by atoms with Crippen molar-refractivity contribution in [1.82, 2.24) is 0 Å². The molecule has 5 heteroatoms. The molecular weight excluding hydrogens is 537 g/mol. The summed E-state index contributed by atoms with van der Waals surface area (Å²) >= 11 is 0. The van der Waals surface area contributed by atoms with Gasteiger partial charge in [-0.05, 0) is 55.3 Å². The zero-order valence-corrected chi connectivity index (χ0v) is 27.5. The lowest BCUT2D eigenvalue weighted by Gasteiger charge is -2.46. The number of benzene rings is 3. The minimum absolute atomic E-state index is 0.0152. The third-order valence-electron chi connectivity index (χ3n) is 8.46. The van der Waals surface area contributed by atoms with Crippen LogP contribution in [0.25, 0.3) is 0 Å². The van der Waals surface area contributed by atoms with E-state index in [-0.39, 0.29) is 12.4 Å². The second-order valence-electron chi connectivity index (χ2n) is 11.8. The lowest BCUT2D eigenvalue weighted by molar-refractivity contribution is -0.162. The van der Waals surface area contributed by atoms with Crippen molar-refractivity contribution in [1.29, 1.82) is 0 Å². The lowest BCUT2D eigenvalue weighted by Crippen LogP contribution is -2.80. The molecule has 0 aliphatic carbocycles. The summed E-state index contributed by atoms with van der Waals surface area (Å²) in [7, 11) is -4.90. The summed E-state index contributed by atoms with van der Waals surface area (Å²) in [5, 5.41) is 4.20. The van der Waals surface area contributed by atoms with Crippen molar-refractivity contribution in [3.8, 4) is 0 Å². The van der Waals surface area contributed by atoms with Gasteiger partial charge in [0.1, 0.15) is 7.59 Å². The predicted octanol–water partition coefficient (Wildman–Crippen LogP) is 7.29. The van der Waals surface area contributed by atoms with E-state index in [2.05, 4.69) is 123 Å². The molecule has 1 heterocycles. The topological polar surface area (TPSA) is 27.7 Å². The molecule has 4 rings (SSSR count). The number of unbranched alkanes of at least 4 members (excludes halogenated alkanes) is 3. The van der Waals surface area contributed by atoms with Gasteiger partial charge in [-0.2, -0.15) is 0 Å². The van der Waals surface area contributed by atoms with Crippen molar-refractivity contribution in [2.75, 3.05) is 13.2 Å². The van der Waals surface area contributed by atoms with E-state index >= 15 is 0 Å². The minimum Gasteiger partial charge on any atom is -0.404 e. The predicted molar refractivity (Wildman–Crippen MR) is 178 cm³/mol. The fourth-order valence-corrected chi connectivity index (χ4v) is 20.2. The molecule has 1 fully saturated rings. The quantitative estimate of drug-likeness (QED) is 0.100. The molecule has 1 unspecified atom stereocenters. The van der Waals surface area contributed by atoms with Crippen LogP contribution in [0.15, 0.2) is 103 Å². The molecule has 0 amide bonds. The highest BCUT2D eigenvalue weighted by molar-refractivity contribution is 7.52. The maximum Gasteiger partial charge on any atom is 0.246 e. The van der Waals surface area contributed by atoms with Crippen molar-refractivity contribution in [2.24, 2.45) is 0 Å². The summed E-state index contributed by atoms with van der Waals surface area (Å²) in [6.07, 6.45) is 14.8. The molecule has 0 radical (unpaired) electrons. The van der Waals surface area contributed by atoms with Crippen molar-refractivity contribution >= 4 is 31.0 Å². The lowest BCUT2D eigenvalue weighted by atomic mass is 10.1. The van der Waals surface area contributed by atoms with Gasteiger partial charge >= 0.3 is 0 Å². The third-order valence-corrected chi connectivity index (χ3v) is 23.2. The highest BCUT2D eigenvalue weighted by Crippen LogP contribution is 2.26. The Kier molecular flexibility index (Phi) is 12.6. The Morgan fingerprint density at radius 1 is 0.805 bits per heavy atom. The Labute approximate surface area is 250 Å². The molecular formula is C36H50O3Si2. The van der Waals surface area contributed by atoms with E-state index in [4.69, 9.17) is 13.9 Å². The van der Waals surface area contributed by atoms with Crippen LogP contribution < -0.4 is 15.6 Å². The van der Waals surface area contributed by atoms with E-state index in [0.29, 0.717) is 0 Å². The smallest absolute Gasteiger partial charge is 0.246 e. The Balaban J connectivity index is 1.66. The molecule has 3 aromatic rings. The van der Waals surface area contributed by atoms with Gasteiger partial charge in [0.15, 0.2) is 6.29 Å². The van der Waals surface area contributed by atoms with Crippen molar-refractivity contribution in [2.45, 2.75) is 90.2 Å². The molecule has 0 N–H and O–H groups in total. The van der Waals surface area contributed by atoms with Gasteiger partial charge in [0.2, 0.25) is 7.83 Å². The van der Waals surface area contributed by atoms with Crippen LogP contribution in [0.5, 0.6) is 0 Å². The summed E-state index contributed by atoms with van der Waals surface area (Å²) in [5.41, 5.74) is 0. The summed E-state index contributed by atoms with van der Waals surface area (Å²) in [5.74, 6) is 0. The second-order valence-corrected chi connectivity index (χ2v) is 24.2. The zero-order valence-electron chi connectivity index (χ0n) is 25.5. The van der Waals surface area contributed by atoms with Gasteiger partial charge in [-0.15, -0.1) is 0 Å². The SMILES string of the molecule is CCCC/C=C/[C@H](CCCCOC1CCCCO1)O[Si](c1ccccc1)(c1ccccc1)[Si](C)(C)c1ccccc1. The second kappa shape index (κ2) is 16.4. The molecule has 220 valence electrons. The van der Waals surface area contributed by atoms with Gasteiger partial charge in [0.05, 0.1) is 6.10 Å². The number of hydrogen-bond donors (Lipinski definition) is 0. The summed E-state index contributed by atoms with van der Waals surface area (Å²) in [6, 6.07) is 33.5. The largest absolute Gasteiger partial charge is 0.404 e. The fourth-order valence-electron chi connectivity index (χ4n) is 6.07. The molecule has 1 aliphatic rings. The van der Waals surface area contributed by atoms with Crippen LogP contribution >= 0.6 is 0 Å². The summed E-state index contributed by atoms with van der Waals surface area (Å²) in [6.45, 7) is 8.90. The maximum absolute atomic E-state index is 7.75. The maximum atomic E-state index is 7.75. The van der Waals surface area contributed by atoms with Crippen LogP contribution in [0, 0.1) is 0 Å². The monoisotopic (exact) mass is 586 g/mol. The first-order valence-electron chi connectivity index (χ1n) is 15.8. The third kappa shape index (κ3) is 8.39. The van der Waals surface area contributed by atoms with Crippen LogP contribution in [-0.2, 0) is 13.9 Å². The molecule has 3 aromatic carbocycles. The van der Waals surface area contributed by atoms with E-state index in [0.717, 1.165) is 51.7 Å². The molecule has 0 saturated carbocycles. The Morgan fingerprint density at radius 2 is 1.41 bits per heavy atom. The van der Waals surface area contributed by atoms with Crippen LogP contribution in [0.2, 0.25) is 13.1 Å². The number of ether oxygens (including phenoxy) is 2. The van der Waals surface area contributed by atoms with E-state index in [1.807, 2.05) is 0 Å². The first-order chi connectivity index (χ1) is 20.1. The standard InChI is InChI=1S/C36H50O3Si2/c1-4-5-6-10-21-32(22-17-19-30-37-36-29-18-20-31-38-36)39-41(34-25-13-8-14-26-34,35-27-15-9-16-28-35)40(2,3)33-23-11-7-12-24-33/h7-16,21,23-28,32,36H,4-6,17-20,22,29-31H2,1-3H3/b21-10+/t32-,36?/m1/s1. The highest BCUT2D eigenvalue weighted by atomic mass is 29.3. The highest BCUT2D eigenvalue weighted by Gasteiger charge is 2.55. The molecule has 1 saturated heterocycles. The van der Waals surface area contributed by atoms with Gasteiger partial charge in [-0.3, -0.25) is 0 Å². The van der Waals surface area contributed by atoms with E-state index in [1.54, 1.807) is 0 Å². The van der Waals surface area contributed by atoms with Crippen molar-refractivity contribution in [3.63, 3.8) is 0 Å². The average Bonchev–Trinajstić information content (AvgIpc) is 3.03. The number of allylic oxidation sites excluding steroid dienone is 1. The van der Waals surface area contributed by atoms with Crippen LogP contribution in [0.3, 0.4) is 0 Å². The molecule has 2 atom stereocenters. The van der Waals surface area contributed by atoms with E-state index in [9.17, 15) is 0 Å². The van der Waals surface area contributed by atoms with Crippen LogP contribution in [0.1, 0.15) is 64.7 Å². The van der Waals surface area contributed by atoms with Gasteiger partial charge in [0.25, 0.3) is 0 Å². The Bertz CT molecular complexity index is 1110. The first-order valence-corrected chi connectivity index (χ1v) is 21.7. The van der Waals surface area contributed by atoms with Crippen molar-refractivity contribution < 1.29 is 13.9 Å². The molecule has 0 bridgehead atoms. The van der Waals surface area contributed by atoms with E-state index < -0.39 is 15.4 Å².